The van der Waals surface area contributed by atoms with Crippen molar-refractivity contribution in [2.75, 3.05) is 0 Å². The van der Waals surface area contributed by atoms with E-state index in [-0.39, 0.29) is 0 Å². The Hall–Kier alpha value is -1.12. The predicted molar refractivity (Wildman–Crippen MR) is 122 cm³/mol. The highest BCUT2D eigenvalue weighted by Gasteiger charge is 2.36. The second kappa shape index (κ2) is 10.1. The SMILES string of the molecule is C=Cc1cc(C(O)(CC(C)C)CC(C)C)cc(C(O)(CC(C)C)CC(C)C)c1. The lowest BCUT2D eigenvalue weighted by Crippen LogP contribution is -2.33. The Morgan fingerprint density at radius 1 is 0.679 bits per heavy atom. The third kappa shape index (κ3) is 7.04. The van der Waals surface area contributed by atoms with E-state index < -0.39 is 11.2 Å². The molecule has 0 aromatic heterocycles. The van der Waals surface area contributed by atoms with Gasteiger partial charge in [-0.15, -0.1) is 0 Å². The van der Waals surface area contributed by atoms with Gasteiger partial charge in [0.2, 0.25) is 0 Å². The molecule has 0 aliphatic rings. The Labute approximate surface area is 174 Å². The summed E-state index contributed by atoms with van der Waals surface area (Å²) in [6.07, 6.45) is 4.65. The van der Waals surface area contributed by atoms with Gasteiger partial charge in [0.25, 0.3) is 0 Å². The lowest BCUT2D eigenvalue weighted by Gasteiger charge is -2.36. The summed E-state index contributed by atoms with van der Waals surface area (Å²) in [6, 6.07) is 6.15. The summed E-state index contributed by atoms with van der Waals surface area (Å²) < 4.78 is 0. The molecule has 0 amide bonds. The lowest BCUT2D eigenvalue weighted by atomic mass is 9.75. The van der Waals surface area contributed by atoms with Crippen LogP contribution < -0.4 is 0 Å². The monoisotopic (exact) mass is 388 g/mol. The van der Waals surface area contributed by atoms with Crippen LogP contribution >= 0.6 is 0 Å². The largest absolute Gasteiger partial charge is 0.385 e. The minimum Gasteiger partial charge on any atom is -0.385 e. The van der Waals surface area contributed by atoms with Gasteiger partial charge in [0.05, 0.1) is 11.2 Å². The number of aliphatic hydroxyl groups is 2. The fourth-order valence-electron chi connectivity index (χ4n) is 4.65. The van der Waals surface area contributed by atoms with E-state index in [1.54, 1.807) is 0 Å². The van der Waals surface area contributed by atoms with Crippen LogP contribution in [-0.2, 0) is 11.2 Å². The zero-order chi connectivity index (χ0) is 21.7. The second-order valence-electron chi connectivity index (χ2n) is 10.5. The summed E-state index contributed by atoms with van der Waals surface area (Å²) in [6.45, 7) is 21.2. The van der Waals surface area contributed by atoms with Crippen LogP contribution in [0.25, 0.3) is 6.08 Å². The van der Waals surface area contributed by atoms with Crippen LogP contribution in [0.15, 0.2) is 24.8 Å². The molecule has 160 valence electrons. The van der Waals surface area contributed by atoms with Crippen molar-refractivity contribution < 1.29 is 10.2 Å². The summed E-state index contributed by atoms with van der Waals surface area (Å²) in [7, 11) is 0. The molecule has 0 fully saturated rings. The molecule has 0 aliphatic heterocycles. The van der Waals surface area contributed by atoms with E-state index >= 15 is 0 Å². The minimum absolute atomic E-state index is 0.379. The Morgan fingerprint density at radius 2 is 0.964 bits per heavy atom. The first-order valence-corrected chi connectivity index (χ1v) is 11.0. The first-order chi connectivity index (χ1) is 12.8. The Balaban J connectivity index is 3.59. The molecule has 1 aromatic rings. The van der Waals surface area contributed by atoms with Crippen molar-refractivity contribution in [3.63, 3.8) is 0 Å². The number of hydrogen-bond acceptors (Lipinski definition) is 2. The zero-order valence-corrected chi connectivity index (χ0v) is 19.5. The van der Waals surface area contributed by atoms with Gasteiger partial charge in [-0.25, -0.2) is 0 Å². The third-order valence-electron chi connectivity index (χ3n) is 5.25. The van der Waals surface area contributed by atoms with Gasteiger partial charge < -0.3 is 10.2 Å². The van der Waals surface area contributed by atoms with Crippen molar-refractivity contribution in [2.45, 2.75) is 92.3 Å². The highest BCUT2D eigenvalue weighted by molar-refractivity contribution is 5.52. The summed E-state index contributed by atoms with van der Waals surface area (Å²) in [4.78, 5) is 0. The summed E-state index contributed by atoms with van der Waals surface area (Å²) in [5.74, 6) is 1.52. The number of benzene rings is 1. The van der Waals surface area contributed by atoms with E-state index in [2.05, 4.69) is 68.0 Å². The fourth-order valence-corrected chi connectivity index (χ4v) is 4.65. The predicted octanol–water partition coefficient (Wildman–Crippen LogP) is 6.89. The van der Waals surface area contributed by atoms with Gasteiger partial charge in [-0.2, -0.15) is 0 Å². The van der Waals surface area contributed by atoms with Gasteiger partial charge in [0.1, 0.15) is 0 Å². The topological polar surface area (TPSA) is 40.5 Å². The van der Waals surface area contributed by atoms with Crippen LogP contribution in [0.2, 0.25) is 0 Å². The maximum Gasteiger partial charge on any atom is 0.0901 e. The summed E-state index contributed by atoms with van der Waals surface area (Å²) in [5, 5.41) is 23.4. The van der Waals surface area contributed by atoms with E-state index in [9.17, 15) is 10.2 Å². The molecule has 0 saturated heterocycles. The molecule has 0 heterocycles. The van der Waals surface area contributed by atoms with E-state index in [1.165, 1.54) is 0 Å². The summed E-state index contributed by atoms with van der Waals surface area (Å²) >= 11 is 0. The fraction of sp³-hybridized carbons (Fsp3) is 0.692. The molecular weight excluding hydrogens is 344 g/mol. The molecule has 2 nitrogen and oxygen atoms in total. The van der Waals surface area contributed by atoms with E-state index in [0.29, 0.717) is 49.4 Å². The minimum atomic E-state index is -0.896. The molecule has 2 heteroatoms. The van der Waals surface area contributed by atoms with Gasteiger partial charge in [-0.3, -0.25) is 0 Å². The maximum absolute atomic E-state index is 11.7. The first-order valence-electron chi connectivity index (χ1n) is 11.0. The van der Waals surface area contributed by atoms with Crippen LogP contribution in [0, 0.1) is 23.7 Å². The van der Waals surface area contributed by atoms with Crippen molar-refractivity contribution in [2.24, 2.45) is 23.7 Å². The Bertz CT molecular complexity index is 557. The van der Waals surface area contributed by atoms with Crippen LogP contribution in [0.3, 0.4) is 0 Å². The van der Waals surface area contributed by atoms with Gasteiger partial charge >= 0.3 is 0 Å². The smallest absolute Gasteiger partial charge is 0.0901 e. The highest BCUT2D eigenvalue weighted by Crippen LogP contribution is 2.40. The van der Waals surface area contributed by atoms with Crippen molar-refractivity contribution in [3.8, 4) is 0 Å². The highest BCUT2D eigenvalue weighted by atomic mass is 16.3. The standard InChI is InChI=1S/C26H44O2/c1-10-22-11-23(25(27,14-18(2)3)15-19(4)5)13-24(12-22)26(28,16-20(6)7)17-21(8)9/h10-13,18-21,27-28H,1,14-17H2,2-9H3. The second-order valence-corrected chi connectivity index (χ2v) is 10.5. The van der Waals surface area contributed by atoms with Gasteiger partial charge in [-0.1, -0.05) is 74.1 Å². The van der Waals surface area contributed by atoms with Crippen molar-refractivity contribution >= 4 is 6.08 Å². The van der Waals surface area contributed by atoms with Gasteiger partial charge in [0, 0.05) is 0 Å². The molecule has 0 aliphatic carbocycles. The van der Waals surface area contributed by atoms with Crippen molar-refractivity contribution in [1.29, 1.82) is 0 Å². The zero-order valence-electron chi connectivity index (χ0n) is 19.5. The molecule has 0 bridgehead atoms. The van der Waals surface area contributed by atoms with E-state index in [0.717, 1.165) is 16.7 Å². The molecule has 1 rings (SSSR count). The lowest BCUT2D eigenvalue weighted by molar-refractivity contribution is -0.0105. The average Bonchev–Trinajstić information content (AvgIpc) is 2.51. The molecule has 0 atom stereocenters. The van der Waals surface area contributed by atoms with E-state index in [4.69, 9.17) is 0 Å². The van der Waals surface area contributed by atoms with Crippen molar-refractivity contribution in [3.05, 3.63) is 41.5 Å². The maximum atomic E-state index is 11.7. The van der Waals surface area contributed by atoms with Crippen LogP contribution in [0.1, 0.15) is 97.8 Å². The first kappa shape index (κ1) is 24.9. The average molecular weight is 389 g/mol. The summed E-state index contributed by atoms with van der Waals surface area (Å²) in [5.41, 5.74) is 0.991. The molecule has 0 spiro atoms. The Morgan fingerprint density at radius 3 is 1.18 bits per heavy atom. The molecule has 0 radical (unpaired) electrons. The van der Waals surface area contributed by atoms with Crippen LogP contribution in [0.4, 0.5) is 0 Å². The molecule has 0 unspecified atom stereocenters. The molecule has 1 aromatic carbocycles. The number of rotatable bonds is 11. The van der Waals surface area contributed by atoms with Crippen LogP contribution in [-0.4, -0.2) is 10.2 Å². The van der Waals surface area contributed by atoms with Gasteiger partial charge in [-0.05, 0) is 78.2 Å². The molecular formula is C26H44O2. The quantitative estimate of drug-likeness (QED) is 0.433. The Kier molecular flexibility index (Phi) is 8.96. The molecule has 2 N–H and O–H groups in total. The van der Waals surface area contributed by atoms with Gasteiger partial charge in [0.15, 0.2) is 0 Å². The van der Waals surface area contributed by atoms with Crippen molar-refractivity contribution in [1.82, 2.24) is 0 Å². The molecule has 0 saturated carbocycles. The van der Waals surface area contributed by atoms with Crippen LogP contribution in [0.5, 0.6) is 0 Å². The van der Waals surface area contributed by atoms with E-state index in [1.807, 2.05) is 18.2 Å². The molecule has 28 heavy (non-hydrogen) atoms. The third-order valence-corrected chi connectivity index (χ3v) is 5.25. The normalized spacial score (nSPS) is 13.2. The number of hydrogen-bond donors (Lipinski definition) is 2.